The molecule has 2 heterocycles. The van der Waals surface area contributed by atoms with Crippen molar-refractivity contribution in [2.45, 2.75) is 41.1 Å². The number of Topliss-reactive ketones (excluding diaryl/α,β-unsaturated/α-hetero) is 1. The number of fused-ring (bicyclic) bond motifs is 3. The maximum Gasteiger partial charge on any atom is 0.416 e. The van der Waals surface area contributed by atoms with E-state index in [1.165, 1.54) is 17.8 Å². The number of hydrogen-bond acceptors (Lipinski definition) is 3. The molecule has 0 amide bonds. The number of rotatable bonds is 0. The molecule has 2 aliphatic rings. The number of carbonyl (C=O) groups is 1. The lowest BCUT2D eigenvalue weighted by Gasteiger charge is -2.40. The number of ketones is 1. The quantitative estimate of drug-likeness (QED) is 0.606. The van der Waals surface area contributed by atoms with Crippen molar-refractivity contribution in [3.05, 3.63) is 58.7 Å². The Morgan fingerprint density at radius 3 is 2.37 bits per heavy atom. The number of hydrogen-bond donors (Lipinski definition) is 0. The lowest BCUT2D eigenvalue weighted by atomic mass is 9.68. The average molecular weight is 391 g/mol. The highest BCUT2D eigenvalue weighted by molar-refractivity contribution is 7.99. The first kappa shape index (κ1) is 18.6. The molecule has 0 saturated carbocycles. The summed E-state index contributed by atoms with van der Waals surface area (Å²) in [6.45, 7) is 3.48. The van der Waals surface area contributed by atoms with E-state index in [1.54, 1.807) is 0 Å². The lowest BCUT2D eigenvalue weighted by molar-refractivity contribution is -0.137. The zero-order valence-electron chi connectivity index (χ0n) is 15.2. The van der Waals surface area contributed by atoms with E-state index >= 15 is 0 Å². The minimum atomic E-state index is -4.46. The van der Waals surface area contributed by atoms with Crippen LogP contribution in [0.5, 0.6) is 0 Å². The van der Waals surface area contributed by atoms with Crippen molar-refractivity contribution in [1.82, 2.24) is 4.90 Å². The van der Waals surface area contributed by atoms with E-state index in [1.807, 2.05) is 32.2 Å². The Bertz CT molecular complexity index is 914. The fourth-order valence-corrected chi connectivity index (χ4v) is 5.21. The molecule has 0 N–H and O–H groups in total. The van der Waals surface area contributed by atoms with Gasteiger partial charge in [-0.3, -0.25) is 4.79 Å². The molecule has 0 aliphatic carbocycles. The molecule has 6 heteroatoms. The Labute approximate surface area is 160 Å². The first-order chi connectivity index (χ1) is 12.7. The molecule has 1 spiro atoms. The third-order valence-electron chi connectivity index (χ3n) is 5.70. The van der Waals surface area contributed by atoms with Gasteiger partial charge < -0.3 is 4.90 Å². The summed E-state index contributed by atoms with van der Waals surface area (Å²) in [7, 11) is 2.01. The molecule has 1 saturated heterocycles. The number of nitrogens with zero attached hydrogens (tertiary/aromatic N) is 1. The number of halogens is 3. The van der Waals surface area contributed by atoms with Crippen LogP contribution in [-0.2, 0) is 11.6 Å². The van der Waals surface area contributed by atoms with Crippen LogP contribution in [-0.4, -0.2) is 30.8 Å². The summed E-state index contributed by atoms with van der Waals surface area (Å²) in [6.07, 6.45) is -3.22. The maximum absolute atomic E-state index is 13.7. The van der Waals surface area contributed by atoms with Crippen LogP contribution in [0, 0.1) is 6.92 Å². The highest BCUT2D eigenvalue weighted by Gasteiger charge is 2.47. The molecule has 0 atom stereocenters. The standard InChI is InChI=1S/C21H20F3NOS/c1-13-3-5-18-16(11-13)20(7-9-25(2)10-8-20)19(26)15-12-14(21(22,23)24)4-6-17(15)27-18/h3-6,11-12H,7-10H2,1-2H3. The van der Waals surface area contributed by atoms with Gasteiger partial charge >= 0.3 is 6.18 Å². The molecule has 142 valence electrons. The van der Waals surface area contributed by atoms with Crippen molar-refractivity contribution >= 4 is 17.5 Å². The molecule has 0 unspecified atom stereocenters. The van der Waals surface area contributed by atoms with Crippen LogP contribution < -0.4 is 0 Å². The van der Waals surface area contributed by atoms with Crippen LogP contribution >= 0.6 is 11.8 Å². The predicted octanol–water partition coefficient (Wildman–Crippen LogP) is 5.32. The third-order valence-corrected chi connectivity index (χ3v) is 6.85. The van der Waals surface area contributed by atoms with Gasteiger partial charge in [-0.15, -0.1) is 0 Å². The van der Waals surface area contributed by atoms with Gasteiger partial charge in [0.2, 0.25) is 0 Å². The normalized spacial score (nSPS) is 19.5. The number of piperidine rings is 1. The first-order valence-corrected chi connectivity index (χ1v) is 9.76. The highest BCUT2D eigenvalue weighted by atomic mass is 32.2. The largest absolute Gasteiger partial charge is 0.416 e. The molecule has 2 aromatic carbocycles. The van der Waals surface area contributed by atoms with Crippen LogP contribution in [0.15, 0.2) is 46.2 Å². The van der Waals surface area contributed by atoms with E-state index in [-0.39, 0.29) is 11.3 Å². The summed E-state index contributed by atoms with van der Waals surface area (Å²) in [5.74, 6) is -0.173. The zero-order valence-corrected chi connectivity index (χ0v) is 16.0. The second-order valence-electron chi connectivity index (χ2n) is 7.52. The van der Waals surface area contributed by atoms with Gasteiger partial charge in [-0.1, -0.05) is 29.5 Å². The maximum atomic E-state index is 13.7. The summed E-state index contributed by atoms with van der Waals surface area (Å²) in [5, 5.41) is 0. The van der Waals surface area contributed by atoms with E-state index in [2.05, 4.69) is 4.90 Å². The van der Waals surface area contributed by atoms with Crippen LogP contribution in [0.3, 0.4) is 0 Å². The highest BCUT2D eigenvalue weighted by Crippen LogP contribution is 2.49. The SMILES string of the molecule is Cc1ccc2c(c1)C1(CCN(C)CC1)C(=O)c1cc(C(F)(F)F)ccc1S2. The smallest absolute Gasteiger partial charge is 0.306 e. The van der Waals surface area contributed by atoms with Crippen molar-refractivity contribution in [3.8, 4) is 0 Å². The van der Waals surface area contributed by atoms with Crippen LogP contribution in [0.1, 0.15) is 39.9 Å². The van der Waals surface area contributed by atoms with Gasteiger partial charge in [0.15, 0.2) is 5.78 Å². The predicted molar refractivity (Wildman–Crippen MR) is 99.5 cm³/mol. The molecule has 2 aliphatic heterocycles. The summed E-state index contributed by atoms with van der Waals surface area (Å²) in [4.78, 5) is 17.4. The van der Waals surface area contributed by atoms with Gasteiger partial charge in [0.1, 0.15) is 0 Å². The topological polar surface area (TPSA) is 20.3 Å². The van der Waals surface area contributed by atoms with Crippen molar-refractivity contribution in [2.75, 3.05) is 20.1 Å². The Morgan fingerprint density at radius 2 is 1.70 bits per heavy atom. The molecule has 1 fully saturated rings. The monoisotopic (exact) mass is 391 g/mol. The number of benzene rings is 2. The van der Waals surface area contributed by atoms with Crippen LogP contribution in [0.2, 0.25) is 0 Å². The molecule has 0 bridgehead atoms. The number of aryl methyl sites for hydroxylation is 1. The number of likely N-dealkylation sites (tertiary alicyclic amines) is 1. The van der Waals surface area contributed by atoms with Crippen LogP contribution in [0.4, 0.5) is 13.2 Å². The lowest BCUT2D eigenvalue weighted by Crippen LogP contribution is -2.46. The van der Waals surface area contributed by atoms with Gasteiger partial charge in [-0.2, -0.15) is 13.2 Å². The van der Waals surface area contributed by atoms with Crippen LogP contribution in [0.25, 0.3) is 0 Å². The molecular weight excluding hydrogens is 371 g/mol. The summed E-state index contributed by atoms with van der Waals surface area (Å²) < 4.78 is 39.8. The number of carbonyl (C=O) groups excluding carboxylic acids is 1. The van der Waals surface area contributed by atoms with Gasteiger partial charge in [0.25, 0.3) is 0 Å². The van der Waals surface area contributed by atoms with E-state index in [4.69, 9.17) is 0 Å². The zero-order chi connectivity index (χ0) is 19.4. The van der Waals surface area contributed by atoms with Crippen molar-refractivity contribution in [1.29, 1.82) is 0 Å². The third kappa shape index (κ3) is 3.09. The summed E-state index contributed by atoms with van der Waals surface area (Å²) in [6, 6.07) is 9.59. The van der Waals surface area contributed by atoms with Gasteiger partial charge in [0, 0.05) is 15.4 Å². The van der Waals surface area contributed by atoms with E-state index in [0.717, 1.165) is 41.2 Å². The van der Waals surface area contributed by atoms with Crippen molar-refractivity contribution in [2.24, 2.45) is 0 Å². The number of alkyl halides is 3. The fraction of sp³-hybridized carbons (Fsp3) is 0.381. The Morgan fingerprint density at radius 1 is 1.04 bits per heavy atom. The minimum absolute atomic E-state index is 0.173. The molecule has 0 aromatic heterocycles. The molecule has 4 rings (SSSR count). The molecular formula is C21H20F3NOS. The van der Waals surface area contributed by atoms with E-state index in [9.17, 15) is 18.0 Å². The minimum Gasteiger partial charge on any atom is -0.306 e. The Balaban J connectivity index is 1.94. The van der Waals surface area contributed by atoms with Gasteiger partial charge in [-0.25, -0.2) is 0 Å². The molecule has 27 heavy (non-hydrogen) atoms. The fourth-order valence-electron chi connectivity index (χ4n) is 4.07. The van der Waals surface area contributed by atoms with E-state index < -0.39 is 17.2 Å². The Kier molecular flexibility index (Phi) is 4.39. The Hall–Kier alpha value is -1.79. The molecule has 2 nitrogen and oxygen atoms in total. The summed E-state index contributed by atoms with van der Waals surface area (Å²) in [5.41, 5.74) is 0.711. The first-order valence-electron chi connectivity index (χ1n) is 8.94. The van der Waals surface area contributed by atoms with E-state index in [0.29, 0.717) is 17.7 Å². The molecule has 0 radical (unpaired) electrons. The van der Waals surface area contributed by atoms with Gasteiger partial charge in [-0.05, 0) is 69.7 Å². The second kappa shape index (κ2) is 6.38. The summed E-state index contributed by atoms with van der Waals surface area (Å²) >= 11 is 1.40. The average Bonchev–Trinajstić information content (AvgIpc) is 2.71. The molecule has 2 aromatic rings. The second-order valence-corrected chi connectivity index (χ2v) is 8.61. The van der Waals surface area contributed by atoms with Crippen molar-refractivity contribution in [3.63, 3.8) is 0 Å². The van der Waals surface area contributed by atoms with Gasteiger partial charge in [0.05, 0.1) is 11.0 Å². The van der Waals surface area contributed by atoms with Crippen molar-refractivity contribution < 1.29 is 18.0 Å².